The van der Waals surface area contributed by atoms with Crippen LogP contribution in [-0.2, 0) is 9.53 Å². The molecule has 1 spiro atoms. The van der Waals surface area contributed by atoms with Gasteiger partial charge in [-0.2, -0.15) is 0 Å². The summed E-state index contributed by atoms with van der Waals surface area (Å²) in [6.45, 7) is 11.0. The zero-order valence-corrected chi connectivity index (χ0v) is 14.7. The van der Waals surface area contributed by atoms with Crippen molar-refractivity contribution in [3.05, 3.63) is 23.3 Å². The van der Waals surface area contributed by atoms with Crippen LogP contribution in [0.3, 0.4) is 0 Å². The van der Waals surface area contributed by atoms with E-state index in [2.05, 4.69) is 39.8 Å². The van der Waals surface area contributed by atoms with Crippen molar-refractivity contribution < 1.29 is 9.53 Å². The minimum atomic E-state index is -0.259. The molecule has 22 heavy (non-hydrogen) atoms. The molecular weight excluding hydrogens is 272 g/mol. The van der Waals surface area contributed by atoms with Crippen LogP contribution in [-0.4, -0.2) is 12.1 Å². The molecule has 1 saturated heterocycles. The van der Waals surface area contributed by atoms with E-state index in [-0.39, 0.29) is 22.9 Å². The number of rotatable bonds is 1. The Hall–Kier alpha value is -1.05. The minimum Gasteiger partial charge on any atom is -0.457 e. The van der Waals surface area contributed by atoms with Gasteiger partial charge in [0.1, 0.15) is 6.10 Å². The second-order valence-corrected chi connectivity index (χ2v) is 8.33. The number of allylic oxidation sites excluding steroid dienone is 3. The molecule has 1 saturated carbocycles. The lowest BCUT2D eigenvalue weighted by molar-refractivity contribution is -0.192. The highest BCUT2D eigenvalue weighted by atomic mass is 16.5. The first-order valence-corrected chi connectivity index (χ1v) is 8.83. The summed E-state index contributed by atoms with van der Waals surface area (Å²) in [5.74, 6) is 0.883. The van der Waals surface area contributed by atoms with Crippen molar-refractivity contribution >= 4 is 5.97 Å². The molecule has 1 unspecified atom stereocenters. The van der Waals surface area contributed by atoms with Crippen molar-refractivity contribution in [1.29, 1.82) is 0 Å². The summed E-state index contributed by atoms with van der Waals surface area (Å²) in [7, 11) is 0. The molecule has 0 aromatic carbocycles. The van der Waals surface area contributed by atoms with Crippen LogP contribution >= 0.6 is 0 Å². The average Bonchev–Trinajstić information content (AvgIpc) is 2.47. The van der Waals surface area contributed by atoms with Crippen molar-refractivity contribution in [2.24, 2.45) is 22.7 Å². The van der Waals surface area contributed by atoms with Gasteiger partial charge in [0.25, 0.3) is 0 Å². The number of cyclic esters (lactones) is 1. The third-order valence-electron chi connectivity index (χ3n) is 6.87. The molecule has 2 aliphatic carbocycles. The van der Waals surface area contributed by atoms with Gasteiger partial charge in [-0.15, -0.1) is 0 Å². The molecule has 4 atom stereocenters. The Morgan fingerprint density at radius 1 is 1.36 bits per heavy atom. The largest absolute Gasteiger partial charge is 0.457 e. The molecule has 2 nitrogen and oxygen atoms in total. The lowest BCUT2D eigenvalue weighted by Gasteiger charge is -2.58. The van der Waals surface area contributed by atoms with Crippen molar-refractivity contribution in [1.82, 2.24) is 0 Å². The van der Waals surface area contributed by atoms with Crippen LogP contribution in [0.5, 0.6) is 0 Å². The fourth-order valence-corrected chi connectivity index (χ4v) is 5.43. The number of hydrogen-bond donors (Lipinski definition) is 0. The molecule has 3 aliphatic rings. The van der Waals surface area contributed by atoms with Crippen molar-refractivity contribution in [2.45, 2.75) is 72.8 Å². The van der Waals surface area contributed by atoms with Gasteiger partial charge in [-0.25, -0.2) is 0 Å². The van der Waals surface area contributed by atoms with E-state index in [0.29, 0.717) is 11.8 Å². The number of carbonyl (C=O) groups excluding carboxylic acids is 1. The van der Waals surface area contributed by atoms with E-state index < -0.39 is 0 Å². The van der Waals surface area contributed by atoms with Gasteiger partial charge < -0.3 is 4.74 Å². The van der Waals surface area contributed by atoms with Gasteiger partial charge in [-0.3, -0.25) is 4.79 Å². The summed E-state index contributed by atoms with van der Waals surface area (Å²) in [6, 6.07) is 0. The molecule has 0 bridgehead atoms. The molecule has 1 heterocycles. The maximum Gasteiger partial charge on any atom is 0.313 e. The Labute approximate surface area is 135 Å². The van der Waals surface area contributed by atoms with Crippen molar-refractivity contribution in [3.8, 4) is 0 Å². The van der Waals surface area contributed by atoms with Crippen LogP contribution in [0.1, 0.15) is 66.7 Å². The van der Waals surface area contributed by atoms with Crippen LogP contribution in [0.25, 0.3) is 0 Å². The van der Waals surface area contributed by atoms with E-state index in [1.165, 1.54) is 17.6 Å². The van der Waals surface area contributed by atoms with E-state index in [4.69, 9.17) is 4.74 Å². The lowest BCUT2D eigenvalue weighted by atomic mass is 9.46. The van der Waals surface area contributed by atoms with Gasteiger partial charge in [-0.1, -0.05) is 38.0 Å². The van der Waals surface area contributed by atoms with Gasteiger partial charge in [-0.05, 0) is 69.3 Å². The lowest BCUT2D eigenvalue weighted by Crippen LogP contribution is -2.59. The Kier molecular flexibility index (Phi) is 3.78. The molecule has 122 valence electrons. The van der Waals surface area contributed by atoms with E-state index in [1.807, 2.05) is 6.92 Å². The number of hydrogen-bond acceptors (Lipinski definition) is 2. The van der Waals surface area contributed by atoms with Crippen molar-refractivity contribution in [2.75, 3.05) is 0 Å². The monoisotopic (exact) mass is 302 g/mol. The molecule has 3 rings (SSSR count). The van der Waals surface area contributed by atoms with Crippen LogP contribution < -0.4 is 0 Å². The third-order valence-corrected chi connectivity index (χ3v) is 6.87. The van der Waals surface area contributed by atoms with Crippen LogP contribution in [0.2, 0.25) is 0 Å². The van der Waals surface area contributed by atoms with Gasteiger partial charge in [0.15, 0.2) is 0 Å². The predicted molar refractivity (Wildman–Crippen MR) is 89.3 cm³/mol. The Morgan fingerprint density at radius 3 is 2.77 bits per heavy atom. The first-order chi connectivity index (χ1) is 10.3. The maximum absolute atomic E-state index is 13.2. The summed E-state index contributed by atoms with van der Waals surface area (Å²) < 4.78 is 5.98. The Bertz CT molecular complexity index is 540. The SMILES string of the molecule is CC=C(C)C1C[C@H]2C(C)=CC[C@H]3C(C)(C)CCC[C@]23C(=O)O1. The fraction of sp³-hybridized carbons (Fsp3) is 0.750. The van der Waals surface area contributed by atoms with Crippen LogP contribution in [0.15, 0.2) is 23.3 Å². The van der Waals surface area contributed by atoms with Gasteiger partial charge in [0.05, 0.1) is 5.41 Å². The predicted octanol–water partition coefficient (Wildman–Crippen LogP) is 5.05. The summed E-state index contributed by atoms with van der Waals surface area (Å²) in [5, 5.41) is 0. The standard InChI is InChI=1S/C20H30O2/c1-6-13(2)16-12-15-14(3)8-9-17-19(4,5)10-7-11-20(15,17)18(21)22-16/h6,8,15-17H,7,9-12H2,1-5H3/t15-,16?,17-,20-/m0/s1. The van der Waals surface area contributed by atoms with Crippen molar-refractivity contribution in [3.63, 3.8) is 0 Å². The number of esters is 1. The molecular formula is C20H30O2. The van der Waals surface area contributed by atoms with Gasteiger partial charge in [0, 0.05) is 0 Å². The van der Waals surface area contributed by atoms with Crippen LogP contribution in [0.4, 0.5) is 0 Å². The Balaban J connectivity index is 2.05. The summed E-state index contributed by atoms with van der Waals surface area (Å²) >= 11 is 0. The fourth-order valence-electron chi connectivity index (χ4n) is 5.43. The molecule has 0 N–H and O–H groups in total. The summed E-state index contributed by atoms with van der Waals surface area (Å²) in [4.78, 5) is 13.2. The third kappa shape index (κ3) is 2.10. The Morgan fingerprint density at radius 2 is 2.09 bits per heavy atom. The molecule has 0 aromatic heterocycles. The highest BCUT2D eigenvalue weighted by molar-refractivity contribution is 5.80. The zero-order chi connectivity index (χ0) is 16.1. The smallest absolute Gasteiger partial charge is 0.313 e. The average molecular weight is 302 g/mol. The topological polar surface area (TPSA) is 26.3 Å². The first-order valence-electron chi connectivity index (χ1n) is 8.83. The highest BCUT2D eigenvalue weighted by Crippen LogP contribution is 2.63. The number of carbonyl (C=O) groups is 1. The van der Waals surface area contributed by atoms with E-state index in [9.17, 15) is 4.79 Å². The van der Waals surface area contributed by atoms with Crippen LogP contribution in [0, 0.1) is 22.7 Å². The van der Waals surface area contributed by atoms with E-state index in [1.54, 1.807) is 0 Å². The molecule has 2 heteroatoms. The van der Waals surface area contributed by atoms with Gasteiger partial charge >= 0.3 is 5.97 Å². The normalized spacial score (nSPS) is 41.1. The first kappa shape index (κ1) is 15.8. The summed E-state index contributed by atoms with van der Waals surface area (Å²) in [5.41, 5.74) is 2.58. The van der Waals surface area contributed by atoms with E-state index >= 15 is 0 Å². The quantitative estimate of drug-likeness (QED) is 0.500. The zero-order valence-electron chi connectivity index (χ0n) is 14.7. The minimum absolute atomic E-state index is 0.0275. The molecule has 1 aliphatic heterocycles. The van der Waals surface area contributed by atoms with E-state index in [0.717, 1.165) is 25.7 Å². The maximum atomic E-state index is 13.2. The van der Waals surface area contributed by atoms with Gasteiger partial charge in [0.2, 0.25) is 0 Å². The highest BCUT2D eigenvalue weighted by Gasteiger charge is 2.62. The second-order valence-electron chi connectivity index (χ2n) is 8.33. The molecule has 2 fully saturated rings. The second kappa shape index (κ2) is 5.25. The number of ether oxygens (including phenoxy) is 1. The summed E-state index contributed by atoms with van der Waals surface area (Å²) in [6.07, 6.45) is 9.85. The molecule has 0 radical (unpaired) electrons. The molecule has 0 amide bonds. The molecule has 0 aromatic rings.